The van der Waals surface area contributed by atoms with Gasteiger partial charge in [0, 0.05) is 13.8 Å². The molecule has 2 nitrogen and oxygen atoms in total. The van der Waals surface area contributed by atoms with Crippen LogP contribution in [0.5, 0.6) is 0 Å². The zero-order chi connectivity index (χ0) is 27.3. The molecule has 0 saturated carbocycles. The van der Waals surface area contributed by atoms with Gasteiger partial charge in [0.15, 0.2) is 0 Å². The number of hydrogen-bond acceptors (Lipinski definition) is 2. The van der Waals surface area contributed by atoms with Crippen molar-refractivity contribution >= 4 is 30.4 Å². The van der Waals surface area contributed by atoms with Crippen LogP contribution in [0.25, 0.3) is 0 Å². The van der Waals surface area contributed by atoms with Crippen molar-refractivity contribution in [1.29, 1.82) is 10.5 Å². The maximum atomic E-state index is 9.75. The van der Waals surface area contributed by atoms with E-state index in [0.29, 0.717) is 15.8 Å². The molecular formula is C19H40B2F8N2P2Pd. The molecule has 0 aliphatic carbocycles. The molecule has 0 saturated heterocycles. The second-order valence-corrected chi connectivity index (χ2v) is 11.8. The van der Waals surface area contributed by atoms with E-state index in [-0.39, 0.29) is 20.4 Å². The summed E-state index contributed by atoms with van der Waals surface area (Å²) in [5.74, 6) is 0. The molecule has 0 N–H and O–H groups in total. The summed E-state index contributed by atoms with van der Waals surface area (Å²) in [7, 11) is -11.2. The van der Waals surface area contributed by atoms with Gasteiger partial charge in [-0.1, -0.05) is 53.4 Å². The van der Waals surface area contributed by atoms with Crippen LogP contribution in [0.2, 0.25) is 0 Å². The first kappa shape index (κ1) is 47.3. The fourth-order valence-electron chi connectivity index (χ4n) is 2.45. The molecule has 0 amide bonds. The maximum absolute atomic E-state index is 9.75. The molecule has 0 aromatic heterocycles. The second kappa shape index (κ2) is 35.2. The van der Waals surface area contributed by atoms with Crippen molar-refractivity contribution in [2.45, 2.75) is 73.6 Å². The molecule has 208 valence electrons. The zero-order valence-electron chi connectivity index (χ0n) is 21.1. The van der Waals surface area contributed by atoms with Gasteiger partial charge in [0.25, 0.3) is 0 Å². The molecule has 0 spiro atoms. The van der Waals surface area contributed by atoms with E-state index in [1.807, 2.05) is 0 Å². The Hall–Kier alpha value is 0.0722. The summed E-state index contributed by atoms with van der Waals surface area (Å²) in [6, 6.07) is 3.50. The summed E-state index contributed by atoms with van der Waals surface area (Å²) in [6.07, 6.45) is 16.4. The first-order chi connectivity index (χ1) is 15.1. The summed E-state index contributed by atoms with van der Waals surface area (Å²) in [5, 5.41) is 14.6. The molecule has 0 unspecified atom stereocenters. The molecule has 0 fully saturated rings. The van der Waals surface area contributed by atoms with Crippen LogP contribution in [0.4, 0.5) is 34.5 Å². The maximum Gasteiger partial charge on any atom is 2.00 e. The van der Waals surface area contributed by atoms with Crippen LogP contribution in [0.15, 0.2) is 0 Å². The van der Waals surface area contributed by atoms with E-state index in [1.54, 1.807) is 24.5 Å². The van der Waals surface area contributed by atoms with E-state index >= 15 is 0 Å². The van der Waals surface area contributed by atoms with Crippen molar-refractivity contribution in [2.75, 3.05) is 37.0 Å². The Bertz CT molecular complexity index is 400. The minimum absolute atomic E-state index is 0. The monoisotopic (exact) mass is 638 g/mol. The van der Waals surface area contributed by atoms with E-state index in [0.717, 1.165) is 0 Å². The third kappa shape index (κ3) is 94.8. The Morgan fingerprint density at radius 1 is 0.529 bits per heavy atom. The van der Waals surface area contributed by atoms with Gasteiger partial charge in [-0.3, -0.25) is 0 Å². The largest absolute Gasteiger partial charge is 2.00 e. The van der Waals surface area contributed by atoms with Gasteiger partial charge in [0.2, 0.25) is 0 Å². The van der Waals surface area contributed by atoms with Crippen LogP contribution in [0.3, 0.4) is 0 Å². The van der Waals surface area contributed by atoms with Crippen LogP contribution in [-0.2, 0) is 20.4 Å². The van der Waals surface area contributed by atoms with E-state index in [1.165, 1.54) is 70.6 Å². The van der Waals surface area contributed by atoms with Crippen molar-refractivity contribution in [3.05, 3.63) is 0 Å². The normalized spacial score (nSPS) is 9.82. The molecule has 0 bridgehead atoms. The summed E-state index contributed by atoms with van der Waals surface area (Å²) >= 11 is 0. The van der Waals surface area contributed by atoms with Crippen molar-refractivity contribution in [3.8, 4) is 12.1 Å². The first-order valence-electron chi connectivity index (χ1n) is 10.9. The Morgan fingerprint density at radius 3 is 0.794 bits per heavy atom. The molecule has 0 aromatic carbocycles. The molecule has 0 radical (unpaired) electrons. The van der Waals surface area contributed by atoms with Crippen molar-refractivity contribution in [3.63, 3.8) is 0 Å². The molecule has 0 heterocycles. The minimum atomic E-state index is -6.00. The Balaban J connectivity index is -0.0000000942. The first-order valence-corrected chi connectivity index (χ1v) is 14.7. The third-order valence-electron chi connectivity index (χ3n) is 3.11. The minimum Gasteiger partial charge on any atom is -0.418 e. The number of hydrogen-bond donors (Lipinski definition) is 0. The smallest absolute Gasteiger partial charge is 0.418 e. The summed E-state index contributed by atoms with van der Waals surface area (Å²) in [5.41, 5.74) is 0. The summed E-state index contributed by atoms with van der Waals surface area (Å²) in [6.45, 7) is 12.3. The van der Waals surface area contributed by atoms with Crippen LogP contribution in [0, 0.1) is 22.7 Å². The van der Waals surface area contributed by atoms with Gasteiger partial charge in [0.05, 0.1) is 12.1 Å². The Morgan fingerprint density at radius 2 is 0.676 bits per heavy atom. The Kier molecular flexibility index (Phi) is 49.0. The standard InChI is InChI=1S/C15H34P2.2C2H3N.2BF4.Pd/c1-5-10-16(11-6-2)14-9-15-17(12-7-3)13-8-4;2*1-2-3;2*2-1(3,4)5;/h5-15H2,1-4H3;2*1H3;;;/q;;;2*-1;+2. The third-order valence-corrected chi connectivity index (χ3v) is 9.32. The summed E-state index contributed by atoms with van der Waals surface area (Å²) < 4.78 is 78.0. The fourth-order valence-corrected chi connectivity index (χ4v) is 7.79. The van der Waals surface area contributed by atoms with Gasteiger partial charge in [-0.15, -0.1) is 15.8 Å². The van der Waals surface area contributed by atoms with Gasteiger partial charge in [-0.25, -0.2) is 0 Å². The second-order valence-electron chi connectivity index (χ2n) is 6.47. The number of nitriles is 2. The number of halogens is 8. The van der Waals surface area contributed by atoms with Crippen molar-refractivity contribution in [2.24, 2.45) is 0 Å². The van der Waals surface area contributed by atoms with Crippen LogP contribution >= 0.6 is 15.8 Å². The van der Waals surface area contributed by atoms with E-state index in [2.05, 4.69) is 27.7 Å². The van der Waals surface area contributed by atoms with Gasteiger partial charge in [-0.2, -0.15) is 10.5 Å². The molecular weight excluding hydrogens is 598 g/mol. The van der Waals surface area contributed by atoms with Gasteiger partial charge in [-0.05, 0) is 43.4 Å². The predicted octanol–water partition coefficient (Wildman–Crippen LogP) is 9.64. The number of rotatable bonds is 12. The number of nitrogens with zero attached hydrogens (tertiary/aromatic N) is 2. The topological polar surface area (TPSA) is 47.6 Å². The molecule has 0 aliphatic rings. The van der Waals surface area contributed by atoms with Crippen LogP contribution in [0.1, 0.15) is 73.6 Å². The molecule has 0 rings (SSSR count). The average molecular weight is 639 g/mol. The van der Waals surface area contributed by atoms with Crippen LogP contribution in [-0.4, -0.2) is 51.5 Å². The average Bonchev–Trinajstić information content (AvgIpc) is 2.61. The molecule has 34 heavy (non-hydrogen) atoms. The Labute approximate surface area is 218 Å². The quantitative estimate of drug-likeness (QED) is 0.121. The zero-order valence-corrected chi connectivity index (χ0v) is 24.4. The SMILES string of the molecule is CC#N.CC#N.CCCP(CCC)CCCP(CCC)CCC.F[B-](F)(F)F.F[B-](F)(F)F.[Pd+2]. The van der Waals surface area contributed by atoms with Crippen molar-refractivity contribution in [1.82, 2.24) is 0 Å². The molecule has 0 aliphatic heterocycles. The summed E-state index contributed by atoms with van der Waals surface area (Å²) in [4.78, 5) is 0. The fraction of sp³-hybridized carbons (Fsp3) is 0.895. The van der Waals surface area contributed by atoms with Gasteiger partial charge >= 0.3 is 34.9 Å². The van der Waals surface area contributed by atoms with E-state index in [9.17, 15) is 34.5 Å². The van der Waals surface area contributed by atoms with E-state index in [4.69, 9.17) is 10.5 Å². The molecule has 0 atom stereocenters. The van der Waals surface area contributed by atoms with Crippen LogP contribution < -0.4 is 0 Å². The van der Waals surface area contributed by atoms with Gasteiger partial charge in [0.1, 0.15) is 0 Å². The van der Waals surface area contributed by atoms with E-state index < -0.39 is 14.5 Å². The van der Waals surface area contributed by atoms with Gasteiger partial charge < -0.3 is 34.5 Å². The molecule has 15 heteroatoms. The van der Waals surface area contributed by atoms with Crippen molar-refractivity contribution < 1.29 is 54.9 Å². The molecule has 0 aromatic rings. The predicted molar refractivity (Wildman–Crippen MR) is 132 cm³/mol.